The monoisotopic (exact) mass is 504 g/mol. The van der Waals surface area contributed by atoms with Crippen LogP contribution in [0.3, 0.4) is 0 Å². The van der Waals surface area contributed by atoms with E-state index >= 15 is 0 Å². The number of hydrogen-bond donors (Lipinski definition) is 1. The predicted octanol–water partition coefficient (Wildman–Crippen LogP) is 5.92. The summed E-state index contributed by atoms with van der Waals surface area (Å²) >= 11 is 6.45. The van der Waals surface area contributed by atoms with Crippen molar-refractivity contribution in [1.82, 2.24) is 4.90 Å². The highest BCUT2D eigenvalue weighted by atomic mass is 35.5. The highest BCUT2D eigenvalue weighted by molar-refractivity contribution is 6.33. The average Bonchev–Trinajstić information content (AvgIpc) is 2.86. The van der Waals surface area contributed by atoms with Crippen LogP contribution in [0.5, 0.6) is 11.5 Å². The number of rotatable bonds is 6. The van der Waals surface area contributed by atoms with E-state index in [2.05, 4.69) is 5.32 Å². The van der Waals surface area contributed by atoms with Gasteiger partial charge in [0, 0.05) is 12.1 Å². The van der Waals surface area contributed by atoms with Crippen LogP contribution in [0.1, 0.15) is 58.4 Å². The van der Waals surface area contributed by atoms with Crippen LogP contribution in [0.15, 0.2) is 54.6 Å². The van der Waals surface area contributed by atoms with Crippen molar-refractivity contribution in [2.75, 3.05) is 25.1 Å². The van der Waals surface area contributed by atoms with Gasteiger partial charge in [-0.25, -0.2) is 0 Å². The largest absolute Gasteiger partial charge is 0.490 e. The quantitative estimate of drug-likeness (QED) is 0.452. The highest BCUT2D eigenvalue weighted by Crippen LogP contribution is 2.48. The van der Waals surface area contributed by atoms with Gasteiger partial charge in [0.2, 0.25) is 5.91 Å². The van der Waals surface area contributed by atoms with Gasteiger partial charge < -0.3 is 19.7 Å². The van der Waals surface area contributed by atoms with Crippen molar-refractivity contribution < 1.29 is 19.1 Å². The summed E-state index contributed by atoms with van der Waals surface area (Å²) in [5, 5.41) is 3.51. The Kier molecular flexibility index (Phi) is 6.63. The molecule has 0 radical (unpaired) electrons. The maximum atomic E-state index is 14.0. The number of fused-ring (bicyclic) bond motifs is 4. The molecule has 3 aromatic rings. The first-order chi connectivity index (χ1) is 17.4. The van der Waals surface area contributed by atoms with E-state index < -0.39 is 12.0 Å². The number of nitrogens with one attached hydrogen (secondary N) is 1. The molecule has 3 aromatic carbocycles. The molecule has 36 heavy (non-hydrogen) atoms. The molecule has 186 valence electrons. The Morgan fingerprint density at radius 2 is 1.75 bits per heavy atom. The smallest absolute Gasteiger partial charge is 0.254 e. The fourth-order valence-corrected chi connectivity index (χ4v) is 5.57. The van der Waals surface area contributed by atoms with Crippen LogP contribution >= 0.6 is 11.6 Å². The lowest BCUT2D eigenvalue weighted by atomic mass is 9.75. The van der Waals surface area contributed by atoms with Crippen molar-refractivity contribution in [3.8, 4) is 11.5 Å². The second kappa shape index (κ2) is 9.86. The Hall–Kier alpha value is -3.51. The number of anilines is 1. The van der Waals surface area contributed by atoms with Crippen molar-refractivity contribution in [3.05, 3.63) is 87.4 Å². The summed E-state index contributed by atoms with van der Waals surface area (Å²) in [4.78, 5) is 29.4. The summed E-state index contributed by atoms with van der Waals surface area (Å²) in [6.45, 7) is 7.31. The zero-order valence-electron chi connectivity index (χ0n) is 20.6. The van der Waals surface area contributed by atoms with Crippen LogP contribution in [0.2, 0.25) is 5.02 Å². The van der Waals surface area contributed by atoms with Gasteiger partial charge in [-0.2, -0.15) is 0 Å². The fraction of sp³-hybridized carbons (Fsp3) is 0.310. The maximum absolute atomic E-state index is 14.0. The van der Waals surface area contributed by atoms with Crippen molar-refractivity contribution in [2.24, 2.45) is 0 Å². The lowest BCUT2D eigenvalue weighted by molar-refractivity contribution is -0.119. The molecule has 0 spiro atoms. The molecule has 2 aliphatic heterocycles. The second-order valence-corrected chi connectivity index (χ2v) is 9.50. The van der Waals surface area contributed by atoms with E-state index in [0.717, 1.165) is 16.7 Å². The first kappa shape index (κ1) is 24.2. The molecule has 7 heteroatoms. The summed E-state index contributed by atoms with van der Waals surface area (Å²) in [5.41, 5.74) is 4.79. The molecular formula is C29H29ClN2O4. The van der Waals surface area contributed by atoms with Crippen LogP contribution in [0.25, 0.3) is 0 Å². The van der Waals surface area contributed by atoms with E-state index in [9.17, 15) is 9.59 Å². The Morgan fingerprint density at radius 1 is 1.03 bits per heavy atom. The number of amides is 2. The van der Waals surface area contributed by atoms with Crippen LogP contribution < -0.4 is 14.8 Å². The van der Waals surface area contributed by atoms with Crippen LogP contribution in [0.4, 0.5) is 5.69 Å². The molecule has 0 aromatic heterocycles. The molecule has 1 N–H and O–H groups in total. The van der Waals surface area contributed by atoms with Gasteiger partial charge in [-0.1, -0.05) is 35.9 Å². The number of aryl methyl sites for hydroxylation is 1. The highest BCUT2D eigenvalue weighted by Gasteiger charge is 2.46. The lowest BCUT2D eigenvalue weighted by Crippen LogP contribution is -2.49. The predicted molar refractivity (Wildman–Crippen MR) is 140 cm³/mol. The third kappa shape index (κ3) is 4.20. The van der Waals surface area contributed by atoms with Gasteiger partial charge in [0.1, 0.15) is 0 Å². The van der Waals surface area contributed by atoms with Crippen LogP contribution in [-0.2, 0) is 11.2 Å². The van der Waals surface area contributed by atoms with Crippen molar-refractivity contribution >= 4 is 29.1 Å². The van der Waals surface area contributed by atoms with Gasteiger partial charge in [-0.05, 0) is 79.8 Å². The van der Waals surface area contributed by atoms with Crippen LogP contribution in [0, 0.1) is 6.92 Å². The van der Waals surface area contributed by atoms with Gasteiger partial charge in [0.25, 0.3) is 5.91 Å². The van der Waals surface area contributed by atoms with E-state index in [-0.39, 0.29) is 11.8 Å². The zero-order chi connectivity index (χ0) is 25.4. The summed E-state index contributed by atoms with van der Waals surface area (Å²) in [5.74, 6) is 0.400. The molecule has 2 amide bonds. The maximum Gasteiger partial charge on any atom is 0.254 e. The molecule has 0 unspecified atom stereocenters. The van der Waals surface area contributed by atoms with Gasteiger partial charge in [-0.3, -0.25) is 9.59 Å². The lowest BCUT2D eigenvalue weighted by Gasteiger charge is -2.45. The Balaban J connectivity index is 1.64. The summed E-state index contributed by atoms with van der Waals surface area (Å²) in [6.07, 6.45) is 0.671. The molecule has 0 aliphatic carbocycles. The fourth-order valence-electron chi connectivity index (χ4n) is 5.29. The Labute approximate surface area is 216 Å². The molecular weight excluding hydrogens is 476 g/mol. The topological polar surface area (TPSA) is 67.9 Å². The molecule has 0 saturated carbocycles. The number of benzene rings is 3. The summed E-state index contributed by atoms with van der Waals surface area (Å²) < 4.78 is 11.7. The Bertz CT molecular complexity index is 1340. The van der Waals surface area contributed by atoms with E-state index in [1.165, 1.54) is 0 Å². The number of carbonyl (C=O) groups is 2. The van der Waals surface area contributed by atoms with Crippen molar-refractivity contribution in [3.63, 3.8) is 0 Å². The molecule has 0 fully saturated rings. The first-order valence-electron chi connectivity index (χ1n) is 12.3. The van der Waals surface area contributed by atoms with Crippen molar-refractivity contribution in [1.29, 1.82) is 0 Å². The van der Waals surface area contributed by atoms with Gasteiger partial charge in [-0.15, -0.1) is 0 Å². The minimum Gasteiger partial charge on any atom is -0.490 e. The third-order valence-electron chi connectivity index (χ3n) is 6.85. The molecule has 5 rings (SSSR count). The van der Waals surface area contributed by atoms with Gasteiger partial charge >= 0.3 is 0 Å². The number of halogens is 1. The van der Waals surface area contributed by atoms with Crippen LogP contribution in [-0.4, -0.2) is 36.5 Å². The number of carbonyl (C=O) groups excluding carboxylic acids is 2. The summed E-state index contributed by atoms with van der Waals surface area (Å²) in [7, 11) is 0. The van der Waals surface area contributed by atoms with E-state index in [1.54, 1.807) is 6.07 Å². The van der Waals surface area contributed by atoms with E-state index in [0.29, 0.717) is 59.5 Å². The number of hydrogen-bond acceptors (Lipinski definition) is 4. The molecule has 6 nitrogen and oxygen atoms in total. The second-order valence-electron chi connectivity index (χ2n) is 9.09. The molecule has 2 heterocycles. The van der Waals surface area contributed by atoms with E-state index in [4.69, 9.17) is 21.1 Å². The molecule has 0 saturated heterocycles. The first-order valence-corrected chi connectivity index (χ1v) is 12.7. The number of ether oxygens (including phenoxy) is 2. The molecule has 2 aliphatic rings. The zero-order valence-corrected chi connectivity index (χ0v) is 21.4. The third-order valence-corrected chi connectivity index (χ3v) is 7.16. The SMILES string of the molecule is CCOc1cc2c(cc1OCC)[C@@H]1[C@@H](C(=O)Nc3ccc(C)cc3Cl)c3ccccc3C(=O)N1CC2. The number of nitrogens with zero attached hydrogens (tertiary/aromatic N) is 1. The normalized spacial score (nSPS) is 18.1. The molecule has 0 bridgehead atoms. The van der Waals surface area contributed by atoms with Gasteiger partial charge in [0.05, 0.1) is 35.9 Å². The minimum absolute atomic E-state index is 0.0643. The van der Waals surface area contributed by atoms with E-state index in [1.807, 2.05) is 74.2 Å². The minimum atomic E-state index is -0.622. The van der Waals surface area contributed by atoms with Gasteiger partial charge in [0.15, 0.2) is 11.5 Å². The molecule has 2 atom stereocenters. The Morgan fingerprint density at radius 3 is 2.47 bits per heavy atom. The van der Waals surface area contributed by atoms with Crippen molar-refractivity contribution in [2.45, 2.75) is 39.2 Å². The summed E-state index contributed by atoms with van der Waals surface area (Å²) in [6, 6.07) is 16.4. The average molecular weight is 505 g/mol. The standard InChI is InChI=1S/C29H29ClN2O4/c1-4-35-24-15-18-12-13-32-27(21(18)16-25(24)36-5-2)26(19-8-6-7-9-20(19)29(32)34)28(33)31-23-11-10-17(3)14-22(23)30/h6-11,14-16,26-27H,4-5,12-13H2,1-3H3,(H,31,33)/t26-,27+/m0/s1.